The lowest BCUT2D eigenvalue weighted by Crippen LogP contribution is -2.42. The van der Waals surface area contributed by atoms with Crippen LogP contribution in [-0.4, -0.2) is 52.1 Å². The highest BCUT2D eigenvalue weighted by atomic mass is 16.3. The van der Waals surface area contributed by atoms with E-state index in [4.69, 9.17) is 0 Å². The third-order valence-electron chi connectivity index (χ3n) is 9.40. The Kier molecular flexibility index (Phi) is 9.53. The van der Waals surface area contributed by atoms with E-state index in [0.29, 0.717) is 42.0 Å². The summed E-state index contributed by atoms with van der Waals surface area (Å²) in [7, 11) is 3.60. The van der Waals surface area contributed by atoms with E-state index < -0.39 is 0 Å². The molecule has 9 nitrogen and oxygen atoms in total. The number of hydrogen-bond acceptors (Lipinski definition) is 4. The molecule has 0 saturated heterocycles. The molecule has 5 aromatic rings. The molecule has 0 unspecified atom stereocenters. The average molecular weight is 656 g/mol. The van der Waals surface area contributed by atoms with Gasteiger partial charge in [-0.1, -0.05) is 48.5 Å². The van der Waals surface area contributed by atoms with Crippen molar-refractivity contribution in [1.82, 2.24) is 14.8 Å². The number of benzene rings is 4. The molecule has 0 spiro atoms. The fraction of sp³-hybridized carbons (Fsp3) is 0.225. The number of phenols is 1. The molecule has 0 radical (unpaired) electrons. The summed E-state index contributed by atoms with van der Waals surface area (Å²) in [5.74, 6) is -0.154. The summed E-state index contributed by atoms with van der Waals surface area (Å²) in [5, 5.41) is 15.5. The van der Waals surface area contributed by atoms with E-state index in [9.17, 15) is 19.5 Å². The number of anilines is 2. The van der Waals surface area contributed by atoms with Gasteiger partial charge in [0.1, 0.15) is 5.75 Å². The number of aromatic hydroxyl groups is 1. The second kappa shape index (κ2) is 14.1. The van der Waals surface area contributed by atoms with E-state index in [1.54, 1.807) is 36.2 Å². The van der Waals surface area contributed by atoms with E-state index in [-0.39, 0.29) is 29.6 Å². The standard InChI is InChI=1S/C40H41N5O4/c1-26-22-29-10-8-9-11-30(29)25-45(26)39(48)34-19-14-28(20-21-41-40(49)42-31-12-6-5-7-13-31)23-36(34)37-24-35(27(2)43(37)3)38(47)44(4)32-15-17-33(46)18-16-32/h5-19,23-24,26,46H,20-22,25H2,1-4H3,(H2,41,42,49)/t26-/m1/s1. The minimum absolute atomic E-state index is 0.00787. The first-order valence-corrected chi connectivity index (χ1v) is 16.4. The minimum Gasteiger partial charge on any atom is -0.508 e. The van der Waals surface area contributed by atoms with Gasteiger partial charge < -0.3 is 30.1 Å². The number of phenolic OH excluding ortho intramolecular Hbond substituents is 1. The number of rotatable bonds is 8. The number of amides is 4. The second-order valence-electron chi connectivity index (χ2n) is 12.6. The van der Waals surface area contributed by atoms with Crippen molar-refractivity contribution < 1.29 is 19.5 Å². The van der Waals surface area contributed by atoms with Crippen molar-refractivity contribution in [3.63, 3.8) is 0 Å². The Morgan fingerprint density at radius 1 is 0.878 bits per heavy atom. The lowest BCUT2D eigenvalue weighted by molar-refractivity contribution is 0.0659. The summed E-state index contributed by atoms with van der Waals surface area (Å²) in [4.78, 5) is 44.2. The molecule has 1 aromatic heterocycles. The summed E-state index contributed by atoms with van der Waals surface area (Å²) >= 11 is 0. The molecule has 1 atom stereocenters. The lowest BCUT2D eigenvalue weighted by Gasteiger charge is -2.35. The molecule has 250 valence electrons. The number of nitrogens with zero attached hydrogens (tertiary/aromatic N) is 3. The fourth-order valence-electron chi connectivity index (χ4n) is 6.42. The molecule has 9 heteroatoms. The quantitative estimate of drug-likeness (QED) is 0.169. The second-order valence-corrected chi connectivity index (χ2v) is 12.6. The maximum atomic E-state index is 14.4. The smallest absolute Gasteiger partial charge is 0.319 e. The van der Waals surface area contributed by atoms with E-state index >= 15 is 0 Å². The number of carbonyl (C=O) groups is 3. The first kappa shape index (κ1) is 33.1. The summed E-state index contributed by atoms with van der Waals surface area (Å²) < 4.78 is 1.95. The fourth-order valence-corrected chi connectivity index (χ4v) is 6.42. The molecule has 0 bridgehead atoms. The predicted molar refractivity (Wildman–Crippen MR) is 193 cm³/mol. The number of aromatic nitrogens is 1. The normalized spacial score (nSPS) is 13.8. The molecule has 2 heterocycles. The van der Waals surface area contributed by atoms with Crippen molar-refractivity contribution in [1.29, 1.82) is 0 Å². The highest BCUT2D eigenvalue weighted by Crippen LogP contribution is 2.33. The zero-order valence-corrected chi connectivity index (χ0v) is 28.2. The zero-order chi connectivity index (χ0) is 34.7. The van der Waals surface area contributed by atoms with Gasteiger partial charge in [-0.25, -0.2) is 4.79 Å². The van der Waals surface area contributed by atoms with Gasteiger partial charge in [0, 0.05) is 67.1 Å². The molecule has 0 fully saturated rings. The van der Waals surface area contributed by atoms with Gasteiger partial charge in [-0.05, 0) is 98.0 Å². The third-order valence-corrected chi connectivity index (χ3v) is 9.40. The molecule has 0 aliphatic carbocycles. The van der Waals surface area contributed by atoms with Gasteiger partial charge in [-0.3, -0.25) is 9.59 Å². The number of hydrogen-bond donors (Lipinski definition) is 3. The lowest BCUT2D eigenvalue weighted by atomic mass is 9.92. The van der Waals surface area contributed by atoms with Gasteiger partial charge in [-0.15, -0.1) is 0 Å². The van der Waals surface area contributed by atoms with Crippen LogP contribution in [-0.2, 0) is 26.4 Å². The highest BCUT2D eigenvalue weighted by molar-refractivity contribution is 6.08. The van der Waals surface area contributed by atoms with Crippen LogP contribution in [0.3, 0.4) is 0 Å². The van der Waals surface area contributed by atoms with E-state index in [1.807, 2.05) is 90.2 Å². The van der Waals surface area contributed by atoms with E-state index in [2.05, 4.69) is 29.7 Å². The number of para-hydroxylation sites is 1. The molecule has 1 aliphatic rings. The van der Waals surface area contributed by atoms with Gasteiger partial charge in [0.25, 0.3) is 11.8 Å². The van der Waals surface area contributed by atoms with Gasteiger partial charge >= 0.3 is 6.03 Å². The predicted octanol–water partition coefficient (Wildman–Crippen LogP) is 6.93. The number of fused-ring (bicyclic) bond motifs is 1. The molecule has 3 N–H and O–H groups in total. The van der Waals surface area contributed by atoms with Crippen LogP contribution in [0.1, 0.15) is 50.0 Å². The first-order chi connectivity index (χ1) is 23.6. The Morgan fingerprint density at radius 2 is 1.57 bits per heavy atom. The highest BCUT2D eigenvalue weighted by Gasteiger charge is 2.30. The Bertz CT molecular complexity index is 2000. The van der Waals surface area contributed by atoms with Gasteiger partial charge in [0.2, 0.25) is 0 Å². The summed E-state index contributed by atoms with van der Waals surface area (Å²) in [6.07, 6.45) is 1.31. The topological polar surface area (TPSA) is 107 Å². The summed E-state index contributed by atoms with van der Waals surface area (Å²) in [6, 6.07) is 31.4. The third kappa shape index (κ3) is 7.06. The molecular formula is C40H41N5O4. The van der Waals surface area contributed by atoms with Gasteiger partial charge in [0.15, 0.2) is 0 Å². The Labute approximate surface area is 286 Å². The molecule has 4 aromatic carbocycles. The van der Waals surface area contributed by atoms with Crippen molar-refractivity contribution in [3.05, 3.63) is 137 Å². The molecule has 0 saturated carbocycles. The maximum absolute atomic E-state index is 14.4. The van der Waals surface area contributed by atoms with Crippen LogP contribution in [0.15, 0.2) is 103 Å². The van der Waals surface area contributed by atoms with Crippen LogP contribution in [0.2, 0.25) is 0 Å². The number of carbonyl (C=O) groups excluding carboxylic acids is 3. The van der Waals surface area contributed by atoms with Crippen LogP contribution in [0, 0.1) is 6.92 Å². The average Bonchev–Trinajstić information content (AvgIpc) is 3.40. The molecule has 4 amide bonds. The van der Waals surface area contributed by atoms with Crippen LogP contribution < -0.4 is 15.5 Å². The largest absolute Gasteiger partial charge is 0.508 e. The molecule has 6 rings (SSSR count). The van der Waals surface area contributed by atoms with Crippen molar-refractivity contribution >= 4 is 29.2 Å². The number of urea groups is 1. The van der Waals surface area contributed by atoms with Crippen LogP contribution in [0.25, 0.3) is 11.3 Å². The SMILES string of the molecule is Cc1c(C(=O)N(C)c2ccc(O)cc2)cc(-c2cc(CCNC(=O)Nc3ccccc3)ccc2C(=O)N2Cc3ccccc3C[C@H]2C)n1C. The summed E-state index contributed by atoms with van der Waals surface area (Å²) in [5.41, 5.74) is 7.99. The Hall–Kier alpha value is -5.83. The van der Waals surface area contributed by atoms with Gasteiger partial charge in [-0.2, -0.15) is 0 Å². The molecular weight excluding hydrogens is 614 g/mol. The van der Waals surface area contributed by atoms with Crippen molar-refractivity contribution in [3.8, 4) is 17.0 Å². The van der Waals surface area contributed by atoms with E-state index in [0.717, 1.165) is 34.5 Å². The van der Waals surface area contributed by atoms with Gasteiger partial charge in [0.05, 0.1) is 5.56 Å². The maximum Gasteiger partial charge on any atom is 0.319 e. The first-order valence-electron chi connectivity index (χ1n) is 16.4. The molecule has 49 heavy (non-hydrogen) atoms. The van der Waals surface area contributed by atoms with Crippen LogP contribution >= 0.6 is 0 Å². The van der Waals surface area contributed by atoms with Crippen molar-refractivity contribution in [2.75, 3.05) is 23.8 Å². The molecule has 1 aliphatic heterocycles. The zero-order valence-electron chi connectivity index (χ0n) is 28.2. The van der Waals surface area contributed by atoms with Crippen LogP contribution in [0.4, 0.5) is 16.2 Å². The Morgan fingerprint density at radius 3 is 2.31 bits per heavy atom. The van der Waals surface area contributed by atoms with Crippen molar-refractivity contribution in [2.45, 2.75) is 39.3 Å². The van der Waals surface area contributed by atoms with E-state index in [1.165, 1.54) is 5.56 Å². The van der Waals surface area contributed by atoms with Crippen molar-refractivity contribution in [2.24, 2.45) is 7.05 Å². The Balaban J connectivity index is 1.32. The summed E-state index contributed by atoms with van der Waals surface area (Å²) in [6.45, 7) is 4.88. The van der Waals surface area contributed by atoms with Crippen LogP contribution in [0.5, 0.6) is 5.75 Å². The minimum atomic E-state index is -0.295. The monoisotopic (exact) mass is 655 g/mol. The number of nitrogens with one attached hydrogen (secondary N) is 2.